The molecule has 0 aromatic heterocycles. The number of piperidine rings is 1. The summed E-state index contributed by atoms with van der Waals surface area (Å²) in [5.41, 5.74) is 4.67. The summed E-state index contributed by atoms with van der Waals surface area (Å²) in [5.74, 6) is 0.891. The van der Waals surface area contributed by atoms with E-state index in [9.17, 15) is 4.79 Å². The van der Waals surface area contributed by atoms with E-state index < -0.39 is 0 Å². The van der Waals surface area contributed by atoms with Crippen molar-refractivity contribution in [3.63, 3.8) is 0 Å². The van der Waals surface area contributed by atoms with E-state index in [4.69, 9.17) is 0 Å². The molecular formula is C23H30N2O. The summed E-state index contributed by atoms with van der Waals surface area (Å²) in [5, 5.41) is 3.07. The first-order valence-corrected chi connectivity index (χ1v) is 9.73. The Morgan fingerprint density at radius 3 is 2.54 bits per heavy atom. The number of aryl methyl sites for hydroxylation is 2. The highest BCUT2D eigenvalue weighted by Crippen LogP contribution is 2.22. The molecule has 1 N–H and O–H groups in total. The molecule has 1 heterocycles. The minimum Gasteiger partial charge on any atom is -0.326 e. The van der Waals surface area contributed by atoms with Crippen molar-refractivity contribution in [3.8, 4) is 0 Å². The van der Waals surface area contributed by atoms with E-state index in [1.807, 2.05) is 13.0 Å². The van der Waals surface area contributed by atoms with Crippen LogP contribution in [0, 0.1) is 19.8 Å². The number of rotatable bonds is 6. The Morgan fingerprint density at radius 1 is 1.08 bits per heavy atom. The molecule has 1 saturated heterocycles. The van der Waals surface area contributed by atoms with E-state index in [0.717, 1.165) is 36.8 Å². The summed E-state index contributed by atoms with van der Waals surface area (Å²) < 4.78 is 0. The van der Waals surface area contributed by atoms with Gasteiger partial charge in [-0.05, 0) is 74.9 Å². The molecule has 0 spiro atoms. The van der Waals surface area contributed by atoms with Gasteiger partial charge in [0.05, 0.1) is 0 Å². The zero-order valence-electron chi connectivity index (χ0n) is 16.0. The van der Waals surface area contributed by atoms with E-state index in [1.165, 1.54) is 30.4 Å². The average molecular weight is 351 g/mol. The van der Waals surface area contributed by atoms with Crippen molar-refractivity contribution in [2.75, 3.05) is 25.0 Å². The maximum Gasteiger partial charge on any atom is 0.225 e. The molecule has 3 rings (SSSR count). The largest absolute Gasteiger partial charge is 0.326 e. The number of amides is 1. The lowest BCUT2D eigenvalue weighted by Gasteiger charge is -2.31. The Kier molecular flexibility index (Phi) is 6.45. The lowest BCUT2D eigenvalue weighted by molar-refractivity contribution is -0.116. The first kappa shape index (κ1) is 18.7. The topological polar surface area (TPSA) is 32.3 Å². The van der Waals surface area contributed by atoms with Gasteiger partial charge in [0.1, 0.15) is 0 Å². The van der Waals surface area contributed by atoms with Crippen molar-refractivity contribution in [1.29, 1.82) is 0 Å². The quantitative estimate of drug-likeness (QED) is 0.826. The second kappa shape index (κ2) is 9.00. The molecule has 3 nitrogen and oxygen atoms in total. The van der Waals surface area contributed by atoms with E-state index >= 15 is 0 Å². The van der Waals surface area contributed by atoms with Gasteiger partial charge in [0, 0.05) is 18.7 Å². The van der Waals surface area contributed by atoms with E-state index in [-0.39, 0.29) is 5.91 Å². The number of hydrogen-bond donors (Lipinski definition) is 1. The van der Waals surface area contributed by atoms with Gasteiger partial charge in [-0.2, -0.15) is 0 Å². The second-order valence-corrected chi connectivity index (χ2v) is 7.59. The number of hydrogen-bond acceptors (Lipinski definition) is 2. The monoisotopic (exact) mass is 350 g/mol. The normalized spacial score (nSPS) is 15.8. The van der Waals surface area contributed by atoms with Crippen LogP contribution in [0.4, 0.5) is 5.69 Å². The Bertz CT molecular complexity index is 718. The minimum atomic E-state index is 0.116. The van der Waals surface area contributed by atoms with Crippen LogP contribution < -0.4 is 5.32 Å². The number of carbonyl (C=O) groups is 1. The molecule has 1 fully saturated rings. The van der Waals surface area contributed by atoms with Crippen LogP contribution in [0.15, 0.2) is 48.5 Å². The number of carbonyl (C=O) groups excluding carboxylic acids is 1. The number of anilines is 1. The molecule has 1 aliphatic rings. The Morgan fingerprint density at radius 2 is 1.81 bits per heavy atom. The Hall–Kier alpha value is -2.13. The maximum absolute atomic E-state index is 12.3. The highest BCUT2D eigenvalue weighted by molar-refractivity contribution is 5.91. The second-order valence-electron chi connectivity index (χ2n) is 7.59. The van der Waals surface area contributed by atoms with Gasteiger partial charge in [0.2, 0.25) is 5.91 Å². The number of nitrogens with zero attached hydrogens (tertiary/aromatic N) is 1. The maximum atomic E-state index is 12.3. The molecule has 2 aromatic rings. The summed E-state index contributed by atoms with van der Waals surface area (Å²) in [6.07, 6.45) is 4.21. The van der Waals surface area contributed by atoms with Crippen LogP contribution in [0.5, 0.6) is 0 Å². The van der Waals surface area contributed by atoms with E-state index in [2.05, 4.69) is 59.6 Å². The van der Waals surface area contributed by atoms with Crippen molar-refractivity contribution in [2.45, 2.75) is 39.5 Å². The van der Waals surface area contributed by atoms with Crippen molar-refractivity contribution in [1.82, 2.24) is 4.90 Å². The van der Waals surface area contributed by atoms with Gasteiger partial charge >= 0.3 is 0 Å². The first-order chi connectivity index (χ1) is 12.6. The zero-order valence-corrected chi connectivity index (χ0v) is 16.0. The molecule has 1 aliphatic heterocycles. The molecule has 138 valence electrons. The number of benzene rings is 2. The van der Waals surface area contributed by atoms with Gasteiger partial charge in [-0.3, -0.25) is 4.79 Å². The predicted octanol–water partition coefficient (Wildman–Crippen LogP) is 4.59. The lowest BCUT2D eigenvalue weighted by atomic mass is 9.90. The molecule has 0 radical (unpaired) electrons. The molecule has 26 heavy (non-hydrogen) atoms. The highest BCUT2D eigenvalue weighted by atomic mass is 16.1. The van der Waals surface area contributed by atoms with Gasteiger partial charge in [-0.25, -0.2) is 0 Å². The summed E-state index contributed by atoms with van der Waals surface area (Å²) in [6.45, 7) is 7.15. The van der Waals surface area contributed by atoms with Crippen molar-refractivity contribution in [2.24, 2.45) is 5.92 Å². The Balaban J connectivity index is 1.39. The van der Waals surface area contributed by atoms with Gasteiger partial charge < -0.3 is 10.2 Å². The van der Waals surface area contributed by atoms with Crippen LogP contribution in [0.25, 0.3) is 0 Å². The Labute approximate surface area is 157 Å². The zero-order chi connectivity index (χ0) is 18.4. The minimum absolute atomic E-state index is 0.116. The first-order valence-electron chi connectivity index (χ1n) is 9.73. The summed E-state index contributed by atoms with van der Waals surface area (Å²) >= 11 is 0. The van der Waals surface area contributed by atoms with Crippen LogP contribution in [-0.2, 0) is 11.2 Å². The molecule has 2 aromatic carbocycles. The summed E-state index contributed by atoms with van der Waals surface area (Å²) in [7, 11) is 0. The van der Waals surface area contributed by atoms with Crippen LogP contribution >= 0.6 is 0 Å². The standard InChI is InChI=1S/C23H30N2O/c1-18-8-9-19(2)22(16-18)24-23(26)12-15-25-13-10-21(11-14-25)17-20-6-4-3-5-7-20/h3-9,16,21H,10-15,17H2,1-2H3,(H,24,26). The molecule has 0 atom stereocenters. The van der Waals surface area contributed by atoms with E-state index in [0.29, 0.717) is 6.42 Å². The summed E-state index contributed by atoms with van der Waals surface area (Å²) in [4.78, 5) is 14.7. The fourth-order valence-electron chi connectivity index (χ4n) is 3.70. The average Bonchev–Trinajstić information content (AvgIpc) is 2.65. The van der Waals surface area contributed by atoms with Crippen LogP contribution in [0.2, 0.25) is 0 Å². The van der Waals surface area contributed by atoms with Crippen LogP contribution in [0.3, 0.4) is 0 Å². The van der Waals surface area contributed by atoms with E-state index in [1.54, 1.807) is 0 Å². The molecular weight excluding hydrogens is 320 g/mol. The third-order valence-corrected chi connectivity index (χ3v) is 5.40. The third kappa shape index (κ3) is 5.43. The lowest BCUT2D eigenvalue weighted by Crippen LogP contribution is -2.36. The van der Waals surface area contributed by atoms with Gasteiger partial charge in [-0.1, -0.05) is 42.5 Å². The smallest absolute Gasteiger partial charge is 0.225 e. The molecule has 0 unspecified atom stereocenters. The van der Waals surface area contributed by atoms with Crippen LogP contribution in [-0.4, -0.2) is 30.4 Å². The van der Waals surface area contributed by atoms with Gasteiger partial charge in [-0.15, -0.1) is 0 Å². The molecule has 0 bridgehead atoms. The SMILES string of the molecule is Cc1ccc(C)c(NC(=O)CCN2CCC(Cc3ccccc3)CC2)c1. The third-order valence-electron chi connectivity index (χ3n) is 5.40. The van der Waals surface area contributed by atoms with Crippen molar-refractivity contribution in [3.05, 3.63) is 65.2 Å². The number of nitrogens with one attached hydrogen (secondary N) is 1. The number of likely N-dealkylation sites (tertiary alicyclic amines) is 1. The van der Waals surface area contributed by atoms with Crippen LogP contribution in [0.1, 0.15) is 36.0 Å². The summed E-state index contributed by atoms with van der Waals surface area (Å²) in [6, 6.07) is 17.0. The molecule has 0 aliphatic carbocycles. The molecule has 0 saturated carbocycles. The van der Waals surface area contributed by atoms with Crippen molar-refractivity contribution >= 4 is 11.6 Å². The fourth-order valence-corrected chi connectivity index (χ4v) is 3.70. The van der Waals surface area contributed by atoms with Gasteiger partial charge in [0.15, 0.2) is 0 Å². The fraction of sp³-hybridized carbons (Fsp3) is 0.435. The highest BCUT2D eigenvalue weighted by Gasteiger charge is 2.20. The molecule has 1 amide bonds. The van der Waals surface area contributed by atoms with Gasteiger partial charge in [0.25, 0.3) is 0 Å². The predicted molar refractivity (Wildman–Crippen MR) is 108 cm³/mol. The molecule has 3 heteroatoms. The van der Waals surface area contributed by atoms with Crippen molar-refractivity contribution < 1.29 is 4.79 Å².